The quantitative estimate of drug-likeness (QED) is 0.551. The minimum absolute atomic E-state index is 0. The van der Waals surface area contributed by atoms with Crippen molar-refractivity contribution in [1.29, 1.82) is 0 Å². The van der Waals surface area contributed by atoms with Gasteiger partial charge < -0.3 is 12.3 Å². The summed E-state index contributed by atoms with van der Waals surface area (Å²) in [6.45, 7) is 0. The first-order chi connectivity index (χ1) is 2.00. The van der Waals surface area contributed by atoms with Crippen LogP contribution >= 0.6 is 37.2 Å². The van der Waals surface area contributed by atoms with Crippen LogP contribution in [0.15, 0.2) is 0 Å². The first-order valence-corrected chi connectivity index (χ1v) is 9.35. The van der Waals surface area contributed by atoms with Gasteiger partial charge in [-0.15, -0.1) is 0 Å². The Morgan fingerprint density at radius 3 is 0.714 bits per heavy atom. The van der Waals surface area contributed by atoms with E-state index in [4.69, 9.17) is 37.2 Å². The Hall–Kier alpha value is 1.79. The molecule has 0 aromatic carbocycles. The Morgan fingerprint density at radius 1 is 0.714 bits per heavy atom. The summed E-state index contributed by atoms with van der Waals surface area (Å²) < 4.78 is 0. The average molecular weight is 222 g/mol. The van der Waals surface area contributed by atoms with Crippen LogP contribution in [0.25, 0.3) is 12.3 Å². The van der Waals surface area contributed by atoms with Crippen LogP contribution in [0.1, 0.15) is 0 Å². The van der Waals surface area contributed by atoms with Gasteiger partial charge in [0.1, 0.15) is 0 Å². The van der Waals surface area contributed by atoms with Crippen LogP contribution in [0.2, 0.25) is 0 Å². The Morgan fingerprint density at radius 2 is 0.714 bits per heavy atom. The first-order valence-electron chi connectivity index (χ1n) is 0.756. The van der Waals surface area contributed by atoms with Crippen molar-refractivity contribution in [3.63, 3.8) is 0 Å². The van der Waals surface area contributed by atoms with E-state index in [2.05, 4.69) is 0 Å². The van der Waals surface area contributed by atoms with Gasteiger partial charge >= 0.3 is 49.6 Å². The van der Waals surface area contributed by atoms with Gasteiger partial charge in [0, 0.05) is 0 Å². The van der Waals surface area contributed by atoms with E-state index in [1.807, 2.05) is 0 Å². The second-order valence-electron chi connectivity index (χ2n) is 0.429. The molecule has 0 aromatic heterocycles. The van der Waals surface area contributed by atoms with Gasteiger partial charge in [-0.3, -0.25) is 0 Å². The number of nitrogens with two attached hydrogens (primary N) is 2. The molecule has 0 aliphatic rings. The van der Waals surface area contributed by atoms with Crippen molar-refractivity contribution in [3.05, 3.63) is 12.3 Å². The van der Waals surface area contributed by atoms with Crippen molar-refractivity contribution in [2.24, 2.45) is 0 Å². The molecule has 7 heteroatoms. The summed E-state index contributed by atoms with van der Waals surface area (Å²) in [5, 5.41) is 0. The maximum absolute atomic E-state index is 5.01. The van der Waals surface area contributed by atoms with Crippen LogP contribution in [0, 0.1) is 0 Å². The zero-order chi connectivity index (χ0) is 4.50. The number of halogens is 4. The molecule has 2 nitrogen and oxygen atoms in total. The fourth-order valence-corrected chi connectivity index (χ4v) is 0. The van der Waals surface area contributed by atoms with Gasteiger partial charge in [0.15, 0.2) is 0 Å². The van der Waals surface area contributed by atoms with Crippen molar-refractivity contribution in [2.75, 3.05) is 0 Å². The second kappa shape index (κ2) is 5.92. The summed E-state index contributed by atoms with van der Waals surface area (Å²) in [4.78, 5) is 0. The molecule has 0 saturated carbocycles. The molecule has 0 spiro atoms. The Balaban J connectivity index is -0.0000000800. The standard InChI is InChI=1S/4ClH.2H2N.Ti/h4*1H;2*1H2;/q;;;;2*-1;+4/p-4. The van der Waals surface area contributed by atoms with Crippen molar-refractivity contribution in [2.45, 2.75) is 0 Å². The SMILES string of the molecule is [Cl][Ti]([Cl])([Cl])[Cl].[NH2-].[NH2-]. The first kappa shape index (κ1) is 15.9. The van der Waals surface area contributed by atoms with E-state index in [1.54, 1.807) is 0 Å². The van der Waals surface area contributed by atoms with Gasteiger partial charge in [0.05, 0.1) is 0 Å². The van der Waals surface area contributed by atoms with Crippen LogP contribution in [0.3, 0.4) is 0 Å². The average Bonchev–Trinajstić information content (AvgIpc) is 0.722. The number of hydrogen-bond donors (Lipinski definition) is 0. The minimum atomic E-state index is -3.11. The van der Waals surface area contributed by atoms with Crippen LogP contribution in [0.4, 0.5) is 0 Å². The minimum Gasteiger partial charge on any atom is -0.693 e. The molecule has 7 heavy (non-hydrogen) atoms. The molecular formula is H4Cl4N2Ti-2. The molecule has 48 valence electrons. The molecule has 0 aliphatic heterocycles. The van der Waals surface area contributed by atoms with E-state index < -0.39 is 12.3 Å². The molecule has 0 rings (SSSR count). The van der Waals surface area contributed by atoms with Crippen LogP contribution < -0.4 is 0 Å². The predicted octanol–water partition coefficient (Wildman–Crippen LogP) is 4.19. The summed E-state index contributed by atoms with van der Waals surface area (Å²) in [5.74, 6) is 0. The van der Waals surface area contributed by atoms with E-state index in [1.165, 1.54) is 0 Å². The third-order valence-electron chi connectivity index (χ3n) is 0. The maximum Gasteiger partial charge on any atom is -0.693 e. The normalized spacial score (nSPS) is 8.57. The summed E-state index contributed by atoms with van der Waals surface area (Å²) in [6, 6.07) is 0. The monoisotopic (exact) mass is 220 g/mol. The molecule has 0 aromatic rings. The van der Waals surface area contributed by atoms with Crippen molar-refractivity contribution in [3.8, 4) is 0 Å². The fraction of sp³-hybridized carbons (Fsp3) is 0. The van der Waals surface area contributed by atoms with Gasteiger partial charge in [0.2, 0.25) is 0 Å². The summed E-state index contributed by atoms with van der Waals surface area (Å²) in [6.07, 6.45) is 0. The van der Waals surface area contributed by atoms with Gasteiger partial charge in [-0.05, 0) is 0 Å². The molecule has 0 saturated heterocycles. The molecule has 0 fully saturated rings. The molecule has 0 amide bonds. The fourth-order valence-electron chi connectivity index (χ4n) is 0. The Bertz CT molecular complexity index is 25.2. The van der Waals surface area contributed by atoms with Crippen LogP contribution in [-0.2, 0) is 12.3 Å². The smallest absolute Gasteiger partial charge is 0.693 e. The van der Waals surface area contributed by atoms with E-state index in [9.17, 15) is 0 Å². The molecule has 0 unspecified atom stereocenters. The van der Waals surface area contributed by atoms with E-state index in [0.717, 1.165) is 0 Å². The molecule has 0 bridgehead atoms. The molecule has 0 heterocycles. The van der Waals surface area contributed by atoms with Gasteiger partial charge in [-0.1, -0.05) is 0 Å². The van der Waals surface area contributed by atoms with Crippen molar-refractivity contribution >= 4 is 37.2 Å². The van der Waals surface area contributed by atoms with E-state index in [-0.39, 0.29) is 12.3 Å². The summed E-state index contributed by atoms with van der Waals surface area (Å²) >= 11 is -3.11. The summed E-state index contributed by atoms with van der Waals surface area (Å²) in [5.41, 5.74) is 0. The van der Waals surface area contributed by atoms with Gasteiger partial charge in [-0.2, -0.15) is 0 Å². The predicted molar refractivity (Wildman–Crippen MR) is 34.0 cm³/mol. The third-order valence-corrected chi connectivity index (χ3v) is 0. The largest absolute Gasteiger partial charge is 0.693 e. The molecule has 0 aliphatic carbocycles. The zero-order valence-electron chi connectivity index (χ0n) is 3.17. The number of rotatable bonds is 0. The molecular weight excluding hydrogens is 218 g/mol. The van der Waals surface area contributed by atoms with Crippen molar-refractivity contribution in [1.82, 2.24) is 0 Å². The van der Waals surface area contributed by atoms with Crippen molar-refractivity contribution < 1.29 is 12.3 Å². The number of hydrogen-bond acceptors (Lipinski definition) is 0. The molecule has 0 atom stereocenters. The van der Waals surface area contributed by atoms with E-state index in [0.29, 0.717) is 0 Å². The van der Waals surface area contributed by atoms with E-state index >= 15 is 0 Å². The topological polar surface area (TPSA) is 67.0 Å². The molecule has 0 radical (unpaired) electrons. The Labute approximate surface area is 61.5 Å². The van der Waals surface area contributed by atoms with Crippen LogP contribution in [0.5, 0.6) is 0 Å². The summed E-state index contributed by atoms with van der Waals surface area (Å²) in [7, 11) is 20.1. The Kier molecular flexibility index (Phi) is 13.5. The van der Waals surface area contributed by atoms with Gasteiger partial charge in [-0.25, -0.2) is 0 Å². The zero-order valence-corrected chi connectivity index (χ0v) is 7.75. The second-order valence-corrected chi connectivity index (χ2v) is 15.9. The van der Waals surface area contributed by atoms with Gasteiger partial charge in [0.25, 0.3) is 0 Å². The maximum atomic E-state index is 5.01. The molecule has 4 N–H and O–H groups in total. The third kappa shape index (κ3) is 81.3. The van der Waals surface area contributed by atoms with Crippen LogP contribution in [-0.4, -0.2) is 0 Å².